The molecule has 2 aliphatic rings. The van der Waals surface area contributed by atoms with Gasteiger partial charge in [-0.15, -0.1) is 0 Å². The Balaban J connectivity index is 1.71. The number of sulfonamides is 1. The van der Waals surface area contributed by atoms with Gasteiger partial charge in [0.2, 0.25) is 10.0 Å². The van der Waals surface area contributed by atoms with Gasteiger partial charge in [-0.3, -0.25) is 9.69 Å². The lowest BCUT2D eigenvalue weighted by Gasteiger charge is -2.26. The summed E-state index contributed by atoms with van der Waals surface area (Å²) in [5, 5.41) is 2.88. The van der Waals surface area contributed by atoms with Gasteiger partial charge in [-0.1, -0.05) is 12.8 Å². The van der Waals surface area contributed by atoms with Crippen molar-refractivity contribution in [2.45, 2.75) is 30.6 Å². The number of carbonyl (C=O) groups is 1. The average Bonchev–Trinajstić information content (AvgIpc) is 3.04. The molecule has 2 fully saturated rings. The first kappa shape index (κ1) is 22.0. The van der Waals surface area contributed by atoms with Crippen molar-refractivity contribution >= 4 is 15.9 Å². The average molecular weight is 426 g/mol. The van der Waals surface area contributed by atoms with Crippen LogP contribution in [0.4, 0.5) is 0 Å². The summed E-state index contributed by atoms with van der Waals surface area (Å²) >= 11 is 0. The highest BCUT2D eigenvalue weighted by molar-refractivity contribution is 7.89. The molecule has 1 N–H and O–H groups in total. The Labute approximate surface area is 173 Å². The molecule has 162 valence electrons. The van der Waals surface area contributed by atoms with Crippen LogP contribution in [0, 0.1) is 0 Å². The van der Waals surface area contributed by atoms with Gasteiger partial charge in [-0.25, -0.2) is 8.42 Å². The molecule has 1 aromatic carbocycles. The molecular formula is C20H31N3O5S. The number of ether oxygens (including phenoxy) is 2. The molecule has 29 heavy (non-hydrogen) atoms. The monoisotopic (exact) mass is 425 g/mol. The number of benzene rings is 1. The van der Waals surface area contributed by atoms with Crippen molar-refractivity contribution < 1.29 is 22.7 Å². The first-order valence-corrected chi connectivity index (χ1v) is 11.7. The van der Waals surface area contributed by atoms with Gasteiger partial charge >= 0.3 is 0 Å². The molecule has 3 rings (SSSR count). The third-order valence-corrected chi connectivity index (χ3v) is 7.33. The van der Waals surface area contributed by atoms with Crippen LogP contribution in [0.2, 0.25) is 0 Å². The molecule has 2 aliphatic heterocycles. The maximum atomic E-state index is 13.1. The number of morpholine rings is 1. The molecule has 0 spiro atoms. The van der Waals surface area contributed by atoms with Crippen LogP contribution in [0.5, 0.6) is 5.75 Å². The van der Waals surface area contributed by atoms with E-state index in [9.17, 15) is 13.2 Å². The molecule has 0 saturated carbocycles. The zero-order valence-corrected chi connectivity index (χ0v) is 17.9. The maximum Gasteiger partial charge on any atom is 0.255 e. The molecule has 0 aromatic heterocycles. The summed E-state index contributed by atoms with van der Waals surface area (Å²) in [5.41, 5.74) is 0.241. The van der Waals surface area contributed by atoms with E-state index in [1.54, 1.807) is 6.07 Å². The van der Waals surface area contributed by atoms with E-state index in [-0.39, 0.29) is 16.4 Å². The van der Waals surface area contributed by atoms with Crippen LogP contribution in [-0.2, 0) is 14.8 Å². The molecule has 0 atom stereocenters. The zero-order chi connectivity index (χ0) is 20.7. The number of methoxy groups -OCH3 is 1. The number of carbonyl (C=O) groups excluding carboxylic acids is 1. The lowest BCUT2D eigenvalue weighted by atomic mass is 10.2. The van der Waals surface area contributed by atoms with Crippen LogP contribution >= 0.6 is 0 Å². The first-order valence-electron chi connectivity index (χ1n) is 10.3. The first-order chi connectivity index (χ1) is 14.0. The van der Waals surface area contributed by atoms with E-state index in [4.69, 9.17) is 9.47 Å². The zero-order valence-electron chi connectivity index (χ0n) is 17.1. The van der Waals surface area contributed by atoms with Crippen molar-refractivity contribution in [1.82, 2.24) is 14.5 Å². The summed E-state index contributed by atoms with van der Waals surface area (Å²) < 4.78 is 38.3. The minimum atomic E-state index is -3.63. The van der Waals surface area contributed by atoms with Gasteiger partial charge in [0.15, 0.2) is 0 Å². The number of nitrogens with one attached hydrogen (secondary N) is 1. The van der Waals surface area contributed by atoms with E-state index < -0.39 is 10.0 Å². The molecule has 1 amide bonds. The van der Waals surface area contributed by atoms with Gasteiger partial charge in [-0.05, 0) is 31.0 Å². The number of hydrogen-bond donors (Lipinski definition) is 1. The summed E-state index contributed by atoms with van der Waals surface area (Å²) in [6.07, 6.45) is 3.82. The molecule has 2 heterocycles. The van der Waals surface area contributed by atoms with Crippen LogP contribution in [0.1, 0.15) is 36.0 Å². The Hall–Kier alpha value is -1.68. The fourth-order valence-corrected chi connectivity index (χ4v) is 5.25. The molecule has 0 aliphatic carbocycles. The van der Waals surface area contributed by atoms with Crippen molar-refractivity contribution in [3.05, 3.63) is 23.8 Å². The van der Waals surface area contributed by atoms with Crippen molar-refractivity contribution in [2.75, 3.05) is 59.6 Å². The third-order valence-electron chi connectivity index (χ3n) is 5.44. The van der Waals surface area contributed by atoms with Crippen molar-refractivity contribution in [1.29, 1.82) is 0 Å². The molecule has 0 unspecified atom stereocenters. The number of amides is 1. The number of rotatable bonds is 7. The van der Waals surface area contributed by atoms with Crippen LogP contribution < -0.4 is 10.1 Å². The highest BCUT2D eigenvalue weighted by atomic mass is 32.2. The topological polar surface area (TPSA) is 88.2 Å². The summed E-state index contributed by atoms with van der Waals surface area (Å²) in [5.74, 6) is 0.0340. The van der Waals surface area contributed by atoms with Crippen molar-refractivity contribution in [3.8, 4) is 5.75 Å². The predicted octanol–water partition coefficient (Wildman–Crippen LogP) is 1.32. The second-order valence-electron chi connectivity index (χ2n) is 7.39. The quantitative estimate of drug-likeness (QED) is 0.709. The Kier molecular flexibility index (Phi) is 7.88. The molecule has 0 radical (unpaired) electrons. The summed E-state index contributed by atoms with van der Waals surface area (Å²) in [7, 11) is -2.15. The van der Waals surface area contributed by atoms with Crippen LogP contribution in [0.3, 0.4) is 0 Å². The highest BCUT2D eigenvalue weighted by Crippen LogP contribution is 2.26. The minimum Gasteiger partial charge on any atom is -0.496 e. The summed E-state index contributed by atoms with van der Waals surface area (Å²) in [6, 6.07) is 4.51. The van der Waals surface area contributed by atoms with Crippen LogP contribution in [0.15, 0.2) is 23.1 Å². The van der Waals surface area contributed by atoms with Gasteiger partial charge in [-0.2, -0.15) is 4.31 Å². The van der Waals surface area contributed by atoms with E-state index in [0.29, 0.717) is 38.6 Å². The second kappa shape index (κ2) is 10.4. The van der Waals surface area contributed by atoms with E-state index in [0.717, 1.165) is 45.3 Å². The Morgan fingerprint density at radius 1 is 1.10 bits per heavy atom. The van der Waals surface area contributed by atoms with Gasteiger partial charge in [0.1, 0.15) is 5.75 Å². The largest absolute Gasteiger partial charge is 0.496 e. The highest BCUT2D eigenvalue weighted by Gasteiger charge is 2.27. The number of hydrogen-bond acceptors (Lipinski definition) is 6. The van der Waals surface area contributed by atoms with Crippen molar-refractivity contribution in [3.63, 3.8) is 0 Å². The molecule has 1 aromatic rings. The lowest BCUT2D eigenvalue weighted by Crippen LogP contribution is -2.41. The van der Waals surface area contributed by atoms with E-state index in [1.165, 1.54) is 23.5 Å². The molecule has 8 nitrogen and oxygen atoms in total. The fraction of sp³-hybridized carbons (Fsp3) is 0.650. The summed E-state index contributed by atoms with van der Waals surface area (Å²) in [4.78, 5) is 15.1. The SMILES string of the molecule is COc1ccc(S(=O)(=O)N2CCCCCC2)cc1C(=O)NCCN1CCOCC1. The molecule has 2 saturated heterocycles. The Bertz CT molecular complexity index is 785. The normalized spacial score (nSPS) is 19.5. The van der Waals surface area contributed by atoms with Gasteiger partial charge in [0.25, 0.3) is 5.91 Å². The van der Waals surface area contributed by atoms with E-state index >= 15 is 0 Å². The third kappa shape index (κ3) is 5.69. The second-order valence-corrected chi connectivity index (χ2v) is 9.33. The Morgan fingerprint density at radius 3 is 2.45 bits per heavy atom. The predicted molar refractivity (Wildman–Crippen MR) is 110 cm³/mol. The van der Waals surface area contributed by atoms with E-state index in [2.05, 4.69) is 10.2 Å². The lowest BCUT2D eigenvalue weighted by molar-refractivity contribution is 0.0383. The van der Waals surface area contributed by atoms with Crippen LogP contribution in [-0.4, -0.2) is 83.1 Å². The smallest absolute Gasteiger partial charge is 0.255 e. The standard InChI is InChI=1S/C20H31N3O5S/c1-27-19-7-6-17(29(25,26)23-9-4-2-3-5-10-23)16-18(19)20(24)21-8-11-22-12-14-28-15-13-22/h6-7,16H,2-5,8-15H2,1H3,(H,21,24). The molecule has 9 heteroatoms. The molecular weight excluding hydrogens is 394 g/mol. The van der Waals surface area contributed by atoms with Crippen LogP contribution in [0.25, 0.3) is 0 Å². The fourth-order valence-electron chi connectivity index (χ4n) is 3.70. The maximum absolute atomic E-state index is 13.1. The van der Waals surface area contributed by atoms with Gasteiger partial charge in [0.05, 0.1) is 30.8 Å². The molecule has 0 bridgehead atoms. The number of nitrogens with zero attached hydrogens (tertiary/aromatic N) is 2. The Morgan fingerprint density at radius 2 is 1.79 bits per heavy atom. The van der Waals surface area contributed by atoms with Gasteiger partial charge < -0.3 is 14.8 Å². The van der Waals surface area contributed by atoms with Crippen molar-refractivity contribution in [2.24, 2.45) is 0 Å². The summed E-state index contributed by atoms with van der Waals surface area (Å²) in [6.45, 7) is 5.36. The van der Waals surface area contributed by atoms with E-state index in [1.807, 2.05) is 0 Å². The van der Waals surface area contributed by atoms with Gasteiger partial charge in [0, 0.05) is 39.3 Å². The minimum absolute atomic E-state index is 0.138.